The van der Waals surface area contributed by atoms with Crippen LogP contribution in [0.1, 0.15) is 25.5 Å². The highest BCUT2D eigenvalue weighted by molar-refractivity contribution is 5.68. The van der Waals surface area contributed by atoms with Crippen LogP contribution in [0, 0.1) is 12.8 Å². The van der Waals surface area contributed by atoms with Crippen LogP contribution >= 0.6 is 0 Å². The van der Waals surface area contributed by atoms with Crippen molar-refractivity contribution < 1.29 is 9.90 Å². The summed E-state index contributed by atoms with van der Waals surface area (Å²) in [5, 5.41) is 16.2. The number of carboxylic acid groups (broad SMARTS) is 1. The molecule has 0 aliphatic carbocycles. The third-order valence-corrected chi connectivity index (χ3v) is 2.98. The summed E-state index contributed by atoms with van der Waals surface area (Å²) in [6.07, 6.45) is 4.36. The maximum absolute atomic E-state index is 10.5. The Bertz CT molecular complexity index is 579. The van der Waals surface area contributed by atoms with E-state index in [-0.39, 0.29) is 12.3 Å². The molecule has 0 amide bonds. The van der Waals surface area contributed by atoms with Crippen LogP contribution in [0.15, 0.2) is 18.5 Å². The molecule has 0 fully saturated rings. The second kappa shape index (κ2) is 5.69. The third-order valence-electron chi connectivity index (χ3n) is 2.98. The van der Waals surface area contributed by atoms with E-state index in [1.807, 2.05) is 19.9 Å². The molecule has 0 saturated heterocycles. The Labute approximate surface area is 111 Å². The van der Waals surface area contributed by atoms with E-state index in [1.165, 1.54) is 0 Å². The number of nitrogens with one attached hydrogen (secondary N) is 1. The minimum atomic E-state index is -0.751. The molecule has 0 spiro atoms. The molecule has 0 aliphatic rings. The zero-order chi connectivity index (χ0) is 13.8. The van der Waals surface area contributed by atoms with Gasteiger partial charge in [0.1, 0.15) is 5.52 Å². The summed E-state index contributed by atoms with van der Waals surface area (Å²) in [6, 6.07) is 1.97. The quantitative estimate of drug-likeness (QED) is 0.831. The summed E-state index contributed by atoms with van der Waals surface area (Å²) in [7, 11) is 0. The zero-order valence-electron chi connectivity index (χ0n) is 11.1. The van der Waals surface area contributed by atoms with E-state index < -0.39 is 5.97 Å². The van der Waals surface area contributed by atoms with Crippen molar-refractivity contribution in [3.8, 4) is 0 Å². The van der Waals surface area contributed by atoms with Gasteiger partial charge < -0.3 is 10.4 Å². The maximum atomic E-state index is 10.5. The van der Waals surface area contributed by atoms with Crippen molar-refractivity contribution >= 4 is 17.3 Å². The highest BCUT2D eigenvalue weighted by atomic mass is 16.4. The molecule has 102 valence electrons. The molecule has 6 nitrogen and oxygen atoms in total. The number of nitrogens with zero attached hydrogens (tertiary/aromatic N) is 3. The molecule has 2 rings (SSSR count). The Morgan fingerprint density at radius 2 is 2.37 bits per heavy atom. The molecule has 1 atom stereocenters. The highest BCUT2D eigenvalue weighted by Gasteiger charge is 2.08. The van der Waals surface area contributed by atoms with Gasteiger partial charge in [0.2, 0.25) is 0 Å². The molecule has 6 heteroatoms. The largest absolute Gasteiger partial charge is 0.481 e. The molecule has 0 bridgehead atoms. The topological polar surface area (TPSA) is 79.5 Å². The molecular formula is C13H18N4O2. The lowest BCUT2D eigenvalue weighted by Crippen LogP contribution is -2.14. The normalized spacial score (nSPS) is 12.5. The number of carbonyl (C=O) groups is 1. The van der Waals surface area contributed by atoms with Crippen molar-refractivity contribution in [2.75, 3.05) is 11.9 Å². The summed E-state index contributed by atoms with van der Waals surface area (Å²) >= 11 is 0. The lowest BCUT2D eigenvalue weighted by atomic mass is 10.1. The monoisotopic (exact) mass is 262 g/mol. The van der Waals surface area contributed by atoms with Crippen molar-refractivity contribution in [1.82, 2.24) is 14.6 Å². The van der Waals surface area contributed by atoms with Crippen LogP contribution in [0.3, 0.4) is 0 Å². The number of hydrogen-bond acceptors (Lipinski definition) is 4. The number of aromatic nitrogens is 3. The second-order valence-electron chi connectivity index (χ2n) is 4.81. The standard InChI is InChI=1S/C13H18N4O2/c1-9(3-4-12(18)19)8-15-13-11-7-10(2)16-17(11)6-5-14-13/h5-7,9H,3-4,8H2,1-2H3,(H,14,15)(H,18,19). The Hall–Kier alpha value is -2.11. The van der Waals surface area contributed by atoms with Crippen LogP contribution in [0.2, 0.25) is 0 Å². The molecule has 2 heterocycles. The molecule has 2 aromatic rings. The Balaban J connectivity index is 1.99. The third kappa shape index (κ3) is 3.43. The predicted molar refractivity (Wildman–Crippen MR) is 72.2 cm³/mol. The van der Waals surface area contributed by atoms with Gasteiger partial charge in [0.25, 0.3) is 0 Å². The summed E-state index contributed by atoms with van der Waals surface area (Å²) in [5.41, 5.74) is 1.88. The molecule has 19 heavy (non-hydrogen) atoms. The first-order valence-corrected chi connectivity index (χ1v) is 6.33. The minimum Gasteiger partial charge on any atom is -0.481 e. The summed E-state index contributed by atoms with van der Waals surface area (Å²) in [4.78, 5) is 14.8. The van der Waals surface area contributed by atoms with E-state index in [0.717, 1.165) is 17.0 Å². The lowest BCUT2D eigenvalue weighted by molar-refractivity contribution is -0.137. The van der Waals surface area contributed by atoms with Crippen LogP contribution in [0.5, 0.6) is 0 Å². The first-order valence-electron chi connectivity index (χ1n) is 6.33. The SMILES string of the molecule is Cc1cc2c(NCC(C)CCC(=O)O)nccn2n1. The van der Waals surface area contributed by atoms with Crippen molar-refractivity contribution in [2.45, 2.75) is 26.7 Å². The fourth-order valence-electron chi connectivity index (χ4n) is 1.92. The minimum absolute atomic E-state index is 0.201. The Morgan fingerprint density at radius 3 is 3.11 bits per heavy atom. The molecule has 0 aliphatic heterocycles. The molecule has 0 aromatic carbocycles. The van der Waals surface area contributed by atoms with Crippen LogP contribution in [-0.2, 0) is 4.79 Å². The maximum Gasteiger partial charge on any atom is 0.303 e. The fraction of sp³-hybridized carbons (Fsp3) is 0.462. The van der Waals surface area contributed by atoms with Crippen molar-refractivity contribution in [3.63, 3.8) is 0 Å². The summed E-state index contributed by atoms with van der Waals surface area (Å²) < 4.78 is 1.78. The van der Waals surface area contributed by atoms with Gasteiger partial charge in [-0.2, -0.15) is 5.10 Å². The van der Waals surface area contributed by atoms with E-state index >= 15 is 0 Å². The summed E-state index contributed by atoms with van der Waals surface area (Å²) in [6.45, 7) is 4.66. The number of fused-ring (bicyclic) bond motifs is 1. The molecule has 1 unspecified atom stereocenters. The lowest BCUT2D eigenvalue weighted by Gasteiger charge is -2.12. The van der Waals surface area contributed by atoms with Gasteiger partial charge in [0.05, 0.1) is 5.69 Å². The number of aliphatic carboxylic acids is 1. The van der Waals surface area contributed by atoms with Crippen molar-refractivity contribution in [3.05, 3.63) is 24.2 Å². The fourth-order valence-corrected chi connectivity index (χ4v) is 1.92. The number of anilines is 1. The van der Waals surface area contributed by atoms with Gasteiger partial charge in [-0.05, 0) is 25.3 Å². The van der Waals surface area contributed by atoms with Crippen LogP contribution in [0.25, 0.3) is 5.52 Å². The molecule has 2 aromatic heterocycles. The van der Waals surface area contributed by atoms with Crippen LogP contribution < -0.4 is 5.32 Å². The van der Waals surface area contributed by atoms with Gasteiger partial charge in [0.15, 0.2) is 5.82 Å². The van der Waals surface area contributed by atoms with E-state index in [4.69, 9.17) is 5.11 Å². The number of rotatable bonds is 6. The first kappa shape index (κ1) is 13.3. The molecule has 0 saturated carbocycles. The van der Waals surface area contributed by atoms with E-state index in [2.05, 4.69) is 15.4 Å². The van der Waals surface area contributed by atoms with Gasteiger partial charge in [0, 0.05) is 25.4 Å². The number of hydrogen-bond donors (Lipinski definition) is 2. The average molecular weight is 262 g/mol. The second-order valence-corrected chi connectivity index (χ2v) is 4.81. The molecule has 2 N–H and O–H groups in total. The number of aryl methyl sites for hydroxylation is 1. The zero-order valence-corrected chi connectivity index (χ0v) is 11.1. The molecular weight excluding hydrogens is 244 g/mol. The van der Waals surface area contributed by atoms with Crippen molar-refractivity contribution in [1.29, 1.82) is 0 Å². The van der Waals surface area contributed by atoms with Crippen molar-refractivity contribution in [2.24, 2.45) is 5.92 Å². The van der Waals surface area contributed by atoms with Crippen LogP contribution in [-0.4, -0.2) is 32.2 Å². The van der Waals surface area contributed by atoms with E-state index in [0.29, 0.717) is 13.0 Å². The van der Waals surface area contributed by atoms with Gasteiger partial charge in [-0.15, -0.1) is 0 Å². The smallest absolute Gasteiger partial charge is 0.303 e. The van der Waals surface area contributed by atoms with E-state index in [1.54, 1.807) is 16.9 Å². The first-order chi connectivity index (χ1) is 9.06. The summed E-state index contributed by atoms with van der Waals surface area (Å²) in [5.74, 6) is 0.311. The van der Waals surface area contributed by atoms with Gasteiger partial charge >= 0.3 is 5.97 Å². The highest BCUT2D eigenvalue weighted by Crippen LogP contribution is 2.15. The van der Waals surface area contributed by atoms with E-state index in [9.17, 15) is 4.79 Å². The molecule has 0 radical (unpaired) electrons. The predicted octanol–water partition coefficient (Wildman–Crippen LogP) is 1.95. The van der Waals surface area contributed by atoms with Gasteiger partial charge in [-0.25, -0.2) is 9.50 Å². The average Bonchev–Trinajstić information content (AvgIpc) is 2.74. The Morgan fingerprint density at radius 1 is 1.58 bits per heavy atom. The van der Waals surface area contributed by atoms with Gasteiger partial charge in [-0.1, -0.05) is 6.92 Å². The van der Waals surface area contributed by atoms with Gasteiger partial charge in [-0.3, -0.25) is 4.79 Å². The number of carboxylic acids is 1. The Kier molecular flexibility index (Phi) is 3.99. The van der Waals surface area contributed by atoms with Crippen LogP contribution in [0.4, 0.5) is 5.82 Å².